The summed E-state index contributed by atoms with van der Waals surface area (Å²) in [5, 5.41) is 16.3. The topological polar surface area (TPSA) is 70.1 Å². The van der Waals surface area contributed by atoms with E-state index in [2.05, 4.69) is 0 Å². The van der Waals surface area contributed by atoms with Crippen molar-refractivity contribution in [2.24, 2.45) is 11.7 Å². The minimum Gasteiger partial charge on any atom is -0.508 e. The molecule has 1 aromatic rings. The van der Waals surface area contributed by atoms with E-state index in [1.807, 2.05) is 19.1 Å². The molecule has 0 spiro atoms. The maximum atomic E-state index is 9.03. The highest BCUT2D eigenvalue weighted by atomic mass is 16.3. The van der Waals surface area contributed by atoms with E-state index in [0.29, 0.717) is 0 Å². The van der Waals surface area contributed by atoms with Crippen LogP contribution in [0.1, 0.15) is 12.5 Å². The molecule has 0 bridgehead atoms. The first-order valence-electron chi connectivity index (χ1n) is 4.21. The standard InChI is InChI=1S/C10H14N2O/c1-7(10(11)12)6-8-2-4-9(13)5-3-8/h2-5,7,13H,6H2,1H3,(H3,11,12). The number of hydrogen-bond acceptors (Lipinski definition) is 2. The number of phenols is 1. The summed E-state index contributed by atoms with van der Waals surface area (Å²) >= 11 is 0. The van der Waals surface area contributed by atoms with E-state index in [1.165, 1.54) is 0 Å². The molecule has 4 N–H and O–H groups in total. The molecule has 1 rings (SSSR count). The summed E-state index contributed by atoms with van der Waals surface area (Å²) in [5.74, 6) is 0.525. The number of rotatable bonds is 3. The van der Waals surface area contributed by atoms with E-state index in [9.17, 15) is 0 Å². The lowest BCUT2D eigenvalue weighted by Crippen LogP contribution is -2.21. The van der Waals surface area contributed by atoms with Crippen molar-refractivity contribution >= 4 is 5.84 Å². The Morgan fingerprint density at radius 2 is 2.00 bits per heavy atom. The minimum atomic E-state index is 0.0598. The van der Waals surface area contributed by atoms with Crippen LogP contribution in [0.15, 0.2) is 24.3 Å². The first kappa shape index (κ1) is 9.58. The Hall–Kier alpha value is -1.51. The molecule has 1 aromatic carbocycles. The van der Waals surface area contributed by atoms with Gasteiger partial charge in [-0.25, -0.2) is 0 Å². The normalized spacial score (nSPS) is 12.4. The number of amidine groups is 1. The first-order valence-corrected chi connectivity index (χ1v) is 4.21. The van der Waals surface area contributed by atoms with Crippen LogP contribution in [0, 0.1) is 11.3 Å². The number of aromatic hydroxyl groups is 1. The summed E-state index contributed by atoms with van der Waals surface area (Å²) in [5.41, 5.74) is 6.43. The lowest BCUT2D eigenvalue weighted by Gasteiger charge is -2.08. The predicted octanol–water partition coefficient (Wildman–Crippen LogP) is 1.51. The molecule has 0 aromatic heterocycles. The molecule has 1 unspecified atom stereocenters. The van der Waals surface area contributed by atoms with Gasteiger partial charge in [0.15, 0.2) is 0 Å². The molecule has 70 valence electrons. The Bertz CT molecular complexity index is 292. The monoisotopic (exact) mass is 178 g/mol. The zero-order valence-corrected chi connectivity index (χ0v) is 7.62. The molecule has 0 heterocycles. The van der Waals surface area contributed by atoms with Gasteiger partial charge in [-0.15, -0.1) is 0 Å². The van der Waals surface area contributed by atoms with Crippen molar-refractivity contribution in [3.63, 3.8) is 0 Å². The fourth-order valence-corrected chi connectivity index (χ4v) is 1.10. The van der Waals surface area contributed by atoms with Gasteiger partial charge in [0.25, 0.3) is 0 Å². The molecule has 3 nitrogen and oxygen atoms in total. The molecule has 13 heavy (non-hydrogen) atoms. The van der Waals surface area contributed by atoms with E-state index >= 15 is 0 Å². The molecule has 0 fully saturated rings. The van der Waals surface area contributed by atoms with Crippen molar-refractivity contribution in [3.8, 4) is 5.75 Å². The highest BCUT2D eigenvalue weighted by Gasteiger charge is 2.05. The van der Waals surface area contributed by atoms with Crippen LogP contribution < -0.4 is 5.73 Å². The maximum absolute atomic E-state index is 9.03. The summed E-state index contributed by atoms with van der Waals surface area (Å²) in [4.78, 5) is 0. The summed E-state index contributed by atoms with van der Waals surface area (Å²) in [6, 6.07) is 6.97. The number of benzene rings is 1. The molecule has 0 saturated carbocycles. The van der Waals surface area contributed by atoms with E-state index in [-0.39, 0.29) is 17.5 Å². The molecular formula is C10H14N2O. The van der Waals surface area contributed by atoms with Gasteiger partial charge < -0.3 is 10.8 Å². The van der Waals surface area contributed by atoms with Gasteiger partial charge in [0.1, 0.15) is 5.75 Å². The van der Waals surface area contributed by atoms with Gasteiger partial charge in [0.2, 0.25) is 0 Å². The third kappa shape index (κ3) is 2.78. The second kappa shape index (κ2) is 3.94. The van der Waals surface area contributed by atoms with Gasteiger partial charge >= 0.3 is 0 Å². The zero-order chi connectivity index (χ0) is 9.84. The number of nitrogens with one attached hydrogen (secondary N) is 1. The fraction of sp³-hybridized carbons (Fsp3) is 0.300. The molecule has 0 aliphatic rings. The average Bonchev–Trinajstić information content (AvgIpc) is 2.08. The van der Waals surface area contributed by atoms with E-state index < -0.39 is 0 Å². The number of nitrogens with two attached hydrogens (primary N) is 1. The molecule has 0 amide bonds. The quantitative estimate of drug-likeness (QED) is 0.485. The van der Waals surface area contributed by atoms with Crippen LogP contribution in [0.25, 0.3) is 0 Å². The Morgan fingerprint density at radius 3 is 2.46 bits per heavy atom. The Labute approximate surface area is 77.7 Å². The maximum Gasteiger partial charge on any atom is 0.115 e. The molecule has 0 aliphatic carbocycles. The summed E-state index contributed by atoms with van der Waals surface area (Å²) in [6.07, 6.45) is 0.746. The second-order valence-corrected chi connectivity index (χ2v) is 3.23. The fourth-order valence-electron chi connectivity index (χ4n) is 1.10. The van der Waals surface area contributed by atoms with Crippen molar-refractivity contribution in [1.82, 2.24) is 0 Å². The van der Waals surface area contributed by atoms with Gasteiger partial charge in [0, 0.05) is 5.92 Å². The van der Waals surface area contributed by atoms with E-state index in [4.69, 9.17) is 16.2 Å². The molecule has 1 atom stereocenters. The van der Waals surface area contributed by atoms with Gasteiger partial charge in [-0.3, -0.25) is 5.41 Å². The van der Waals surface area contributed by atoms with Crippen LogP contribution in [0.5, 0.6) is 5.75 Å². The lowest BCUT2D eigenvalue weighted by molar-refractivity contribution is 0.475. The van der Waals surface area contributed by atoms with Crippen LogP contribution >= 0.6 is 0 Å². The van der Waals surface area contributed by atoms with Crippen molar-refractivity contribution < 1.29 is 5.11 Å². The Balaban J connectivity index is 2.64. The van der Waals surface area contributed by atoms with E-state index in [1.54, 1.807) is 12.1 Å². The van der Waals surface area contributed by atoms with Crippen LogP contribution in [0.3, 0.4) is 0 Å². The molecule has 0 saturated heterocycles. The third-order valence-corrected chi connectivity index (χ3v) is 2.01. The zero-order valence-electron chi connectivity index (χ0n) is 7.62. The van der Waals surface area contributed by atoms with Gasteiger partial charge in [0.05, 0.1) is 5.84 Å². The predicted molar refractivity (Wildman–Crippen MR) is 52.9 cm³/mol. The highest BCUT2D eigenvalue weighted by molar-refractivity contribution is 5.79. The Kier molecular flexibility index (Phi) is 2.90. The molecule has 3 heteroatoms. The van der Waals surface area contributed by atoms with Crippen LogP contribution in [0.2, 0.25) is 0 Å². The second-order valence-electron chi connectivity index (χ2n) is 3.23. The molecule has 0 radical (unpaired) electrons. The van der Waals surface area contributed by atoms with Crippen LogP contribution in [-0.4, -0.2) is 10.9 Å². The minimum absolute atomic E-state index is 0.0598. The number of phenolic OH excluding ortho intramolecular Hbond substituents is 1. The van der Waals surface area contributed by atoms with Crippen LogP contribution in [0.4, 0.5) is 0 Å². The van der Waals surface area contributed by atoms with Crippen molar-refractivity contribution in [3.05, 3.63) is 29.8 Å². The van der Waals surface area contributed by atoms with E-state index in [0.717, 1.165) is 12.0 Å². The smallest absolute Gasteiger partial charge is 0.115 e. The van der Waals surface area contributed by atoms with Crippen molar-refractivity contribution in [2.45, 2.75) is 13.3 Å². The average molecular weight is 178 g/mol. The summed E-state index contributed by atoms with van der Waals surface area (Å²) < 4.78 is 0. The highest BCUT2D eigenvalue weighted by Crippen LogP contribution is 2.13. The summed E-state index contributed by atoms with van der Waals surface area (Å²) in [6.45, 7) is 1.91. The van der Waals surface area contributed by atoms with Crippen molar-refractivity contribution in [2.75, 3.05) is 0 Å². The Morgan fingerprint density at radius 1 is 1.46 bits per heavy atom. The number of hydrogen-bond donors (Lipinski definition) is 3. The van der Waals surface area contributed by atoms with Gasteiger partial charge in [-0.2, -0.15) is 0 Å². The van der Waals surface area contributed by atoms with Gasteiger partial charge in [-0.1, -0.05) is 19.1 Å². The third-order valence-electron chi connectivity index (χ3n) is 2.01. The first-order chi connectivity index (χ1) is 6.09. The van der Waals surface area contributed by atoms with Crippen molar-refractivity contribution in [1.29, 1.82) is 5.41 Å². The van der Waals surface area contributed by atoms with Gasteiger partial charge in [-0.05, 0) is 24.1 Å². The molecule has 0 aliphatic heterocycles. The summed E-state index contributed by atoms with van der Waals surface area (Å²) in [7, 11) is 0. The molecular weight excluding hydrogens is 164 g/mol. The lowest BCUT2D eigenvalue weighted by atomic mass is 10.0. The van der Waals surface area contributed by atoms with Crippen LogP contribution in [-0.2, 0) is 6.42 Å². The largest absolute Gasteiger partial charge is 0.508 e. The SMILES string of the molecule is CC(Cc1ccc(O)cc1)C(=N)N.